The summed E-state index contributed by atoms with van der Waals surface area (Å²) in [6, 6.07) is 4.63. The molecule has 122 valence electrons. The van der Waals surface area contributed by atoms with Gasteiger partial charge in [-0.15, -0.1) is 0 Å². The molecule has 2 aliphatic rings. The fourth-order valence-corrected chi connectivity index (χ4v) is 3.64. The van der Waals surface area contributed by atoms with Crippen molar-refractivity contribution in [2.24, 2.45) is 0 Å². The molecule has 0 spiro atoms. The second-order valence-electron chi connectivity index (χ2n) is 6.24. The van der Waals surface area contributed by atoms with E-state index in [0.717, 1.165) is 32.0 Å². The van der Waals surface area contributed by atoms with Crippen LogP contribution in [0.5, 0.6) is 0 Å². The molecule has 0 amide bonds. The number of hydrogen-bond donors (Lipinski definition) is 1. The Bertz CT molecular complexity index is 516. The molecular formula is C16H22F3N3. The minimum atomic E-state index is -4.36. The van der Waals surface area contributed by atoms with Crippen LogP contribution in [0.4, 0.5) is 24.5 Å². The largest absolute Gasteiger partial charge is 0.418 e. The van der Waals surface area contributed by atoms with Gasteiger partial charge in [0.25, 0.3) is 0 Å². The molecule has 1 aromatic rings. The zero-order valence-electron chi connectivity index (χ0n) is 12.6. The van der Waals surface area contributed by atoms with E-state index in [1.54, 1.807) is 6.07 Å². The Kier molecular flexibility index (Phi) is 4.21. The Morgan fingerprint density at radius 1 is 1.00 bits per heavy atom. The van der Waals surface area contributed by atoms with Crippen LogP contribution >= 0.6 is 0 Å². The fraction of sp³-hybridized carbons (Fsp3) is 0.625. The van der Waals surface area contributed by atoms with Crippen LogP contribution in [0.3, 0.4) is 0 Å². The average molecular weight is 313 g/mol. The molecule has 0 bridgehead atoms. The Hall–Kier alpha value is -1.43. The topological polar surface area (TPSA) is 32.5 Å². The van der Waals surface area contributed by atoms with Crippen LogP contribution in [0.15, 0.2) is 18.2 Å². The highest BCUT2D eigenvalue weighted by Crippen LogP contribution is 2.39. The summed E-state index contributed by atoms with van der Waals surface area (Å²) in [5, 5.41) is 0. The number of halogens is 3. The smallest absolute Gasteiger partial charge is 0.399 e. The first-order valence-corrected chi connectivity index (χ1v) is 7.91. The van der Waals surface area contributed by atoms with E-state index in [1.807, 2.05) is 4.90 Å². The molecule has 0 atom stereocenters. The van der Waals surface area contributed by atoms with Crippen LogP contribution in [0.2, 0.25) is 0 Å². The van der Waals surface area contributed by atoms with Gasteiger partial charge in [-0.1, -0.05) is 0 Å². The van der Waals surface area contributed by atoms with E-state index in [0.29, 0.717) is 19.1 Å². The third-order valence-electron chi connectivity index (χ3n) is 4.79. The van der Waals surface area contributed by atoms with Gasteiger partial charge in [-0.3, -0.25) is 0 Å². The van der Waals surface area contributed by atoms with Crippen molar-refractivity contribution in [3.63, 3.8) is 0 Å². The number of nitrogen functional groups attached to an aromatic ring is 1. The summed E-state index contributed by atoms with van der Waals surface area (Å²) in [4.78, 5) is 4.35. The number of anilines is 2. The quantitative estimate of drug-likeness (QED) is 0.850. The lowest BCUT2D eigenvalue weighted by molar-refractivity contribution is -0.137. The van der Waals surface area contributed by atoms with E-state index in [2.05, 4.69) is 4.90 Å². The van der Waals surface area contributed by atoms with Crippen LogP contribution in [-0.4, -0.2) is 37.1 Å². The maximum atomic E-state index is 13.2. The van der Waals surface area contributed by atoms with Gasteiger partial charge in [-0.25, -0.2) is 0 Å². The predicted octanol–water partition coefficient (Wildman–Crippen LogP) is 3.35. The van der Waals surface area contributed by atoms with E-state index >= 15 is 0 Å². The molecule has 2 aliphatic heterocycles. The van der Waals surface area contributed by atoms with Crippen LogP contribution in [0.25, 0.3) is 0 Å². The first kappa shape index (κ1) is 15.5. The average Bonchev–Trinajstić information content (AvgIpc) is 3.01. The van der Waals surface area contributed by atoms with Gasteiger partial charge in [0, 0.05) is 30.5 Å². The third kappa shape index (κ3) is 3.16. The van der Waals surface area contributed by atoms with Gasteiger partial charge in [0.2, 0.25) is 0 Å². The van der Waals surface area contributed by atoms with E-state index in [9.17, 15) is 13.2 Å². The fourth-order valence-electron chi connectivity index (χ4n) is 3.64. The molecule has 22 heavy (non-hydrogen) atoms. The Labute approximate surface area is 128 Å². The molecule has 0 radical (unpaired) electrons. The molecule has 1 aromatic carbocycles. The molecule has 3 nitrogen and oxygen atoms in total. The number of nitrogens with two attached hydrogens (primary N) is 1. The van der Waals surface area contributed by atoms with Crippen molar-refractivity contribution in [2.45, 2.75) is 37.9 Å². The minimum absolute atomic E-state index is 0.156. The zero-order chi connectivity index (χ0) is 15.7. The van der Waals surface area contributed by atoms with Crippen LogP contribution in [-0.2, 0) is 6.18 Å². The number of piperidine rings is 1. The third-order valence-corrected chi connectivity index (χ3v) is 4.79. The van der Waals surface area contributed by atoms with Gasteiger partial charge in [0.15, 0.2) is 0 Å². The number of likely N-dealkylation sites (tertiary alicyclic amines) is 1. The molecular weight excluding hydrogens is 291 g/mol. The highest BCUT2D eigenvalue weighted by Gasteiger charge is 2.36. The summed E-state index contributed by atoms with van der Waals surface area (Å²) in [6.45, 7) is 3.63. The van der Waals surface area contributed by atoms with Gasteiger partial charge in [-0.2, -0.15) is 13.2 Å². The first-order valence-electron chi connectivity index (χ1n) is 7.91. The lowest BCUT2D eigenvalue weighted by Gasteiger charge is -2.38. The molecule has 2 heterocycles. The highest BCUT2D eigenvalue weighted by atomic mass is 19.4. The summed E-state index contributed by atoms with van der Waals surface area (Å²) in [6.07, 6.45) is -0.00728. The zero-order valence-corrected chi connectivity index (χ0v) is 12.6. The number of rotatable bonds is 2. The molecule has 3 rings (SSSR count). The van der Waals surface area contributed by atoms with Crippen molar-refractivity contribution in [1.82, 2.24) is 4.90 Å². The SMILES string of the molecule is Nc1ccc(N2CCC(N3CCCC3)CC2)c(C(F)(F)F)c1. The summed E-state index contributed by atoms with van der Waals surface area (Å²) >= 11 is 0. The van der Waals surface area contributed by atoms with E-state index in [-0.39, 0.29) is 11.4 Å². The molecule has 6 heteroatoms. The molecule has 2 N–H and O–H groups in total. The van der Waals surface area contributed by atoms with Crippen molar-refractivity contribution in [3.8, 4) is 0 Å². The number of benzene rings is 1. The normalized spacial score (nSPS) is 21.5. The van der Waals surface area contributed by atoms with E-state index in [1.165, 1.54) is 18.9 Å². The maximum absolute atomic E-state index is 13.2. The molecule has 0 unspecified atom stereocenters. The summed E-state index contributed by atoms with van der Waals surface area (Å²) in [5.74, 6) is 0. The van der Waals surface area contributed by atoms with E-state index < -0.39 is 11.7 Å². The molecule has 2 fully saturated rings. The van der Waals surface area contributed by atoms with Crippen molar-refractivity contribution < 1.29 is 13.2 Å². The minimum Gasteiger partial charge on any atom is -0.399 e. The Morgan fingerprint density at radius 3 is 2.23 bits per heavy atom. The molecule has 0 saturated carbocycles. The maximum Gasteiger partial charge on any atom is 0.418 e. The first-order chi connectivity index (χ1) is 10.4. The molecule has 2 saturated heterocycles. The second-order valence-corrected chi connectivity index (χ2v) is 6.24. The van der Waals surface area contributed by atoms with Crippen LogP contribution < -0.4 is 10.6 Å². The standard InChI is InChI=1S/C16H22F3N3/c17-16(18,19)14-11-12(20)3-4-15(14)22-9-5-13(6-10-22)21-7-1-2-8-21/h3-4,11,13H,1-2,5-10,20H2. The summed E-state index contributed by atoms with van der Waals surface area (Å²) in [5.41, 5.74) is 5.34. The lowest BCUT2D eigenvalue weighted by atomic mass is 10.0. The van der Waals surface area contributed by atoms with Gasteiger partial charge in [-0.05, 0) is 57.0 Å². The highest BCUT2D eigenvalue weighted by molar-refractivity contribution is 5.61. The molecule has 0 aliphatic carbocycles. The van der Waals surface area contributed by atoms with Crippen molar-refractivity contribution in [1.29, 1.82) is 0 Å². The van der Waals surface area contributed by atoms with Crippen molar-refractivity contribution in [2.75, 3.05) is 36.8 Å². The van der Waals surface area contributed by atoms with Gasteiger partial charge in [0.1, 0.15) is 0 Å². The van der Waals surface area contributed by atoms with Crippen LogP contribution in [0, 0.1) is 0 Å². The summed E-state index contributed by atoms with van der Waals surface area (Å²) in [7, 11) is 0. The van der Waals surface area contributed by atoms with Gasteiger partial charge >= 0.3 is 6.18 Å². The second kappa shape index (κ2) is 5.99. The number of hydrogen-bond acceptors (Lipinski definition) is 3. The summed E-state index contributed by atoms with van der Waals surface area (Å²) < 4.78 is 39.6. The van der Waals surface area contributed by atoms with E-state index in [4.69, 9.17) is 5.73 Å². The number of nitrogens with zero attached hydrogens (tertiary/aromatic N) is 2. The predicted molar refractivity (Wildman–Crippen MR) is 81.9 cm³/mol. The van der Waals surface area contributed by atoms with Crippen molar-refractivity contribution in [3.05, 3.63) is 23.8 Å². The van der Waals surface area contributed by atoms with Crippen LogP contribution in [0.1, 0.15) is 31.2 Å². The van der Waals surface area contributed by atoms with Gasteiger partial charge < -0.3 is 15.5 Å². The number of alkyl halides is 3. The monoisotopic (exact) mass is 313 g/mol. The van der Waals surface area contributed by atoms with Gasteiger partial charge in [0.05, 0.1) is 5.56 Å². The van der Waals surface area contributed by atoms with Crippen molar-refractivity contribution >= 4 is 11.4 Å². The lowest BCUT2D eigenvalue weighted by Crippen LogP contribution is -2.44. The molecule has 0 aromatic heterocycles. The Balaban J connectivity index is 1.73. The Morgan fingerprint density at radius 2 is 1.64 bits per heavy atom.